The third-order valence-electron chi connectivity index (χ3n) is 4.90. The Labute approximate surface area is 172 Å². The Morgan fingerprint density at radius 2 is 2.03 bits per heavy atom. The minimum absolute atomic E-state index is 0.227. The van der Waals surface area contributed by atoms with Crippen LogP contribution in [0.4, 0.5) is 0 Å². The van der Waals surface area contributed by atoms with E-state index in [-0.39, 0.29) is 6.29 Å². The van der Waals surface area contributed by atoms with E-state index < -0.39 is 0 Å². The van der Waals surface area contributed by atoms with E-state index in [1.807, 2.05) is 48.0 Å². The number of aromatic nitrogens is 3. The lowest BCUT2D eigenvalue weighted by molar-refractivity contribution is -0.0402. The Balaban J connectivity index is 1.57. The van der Waals surface area contributed by atoms with Crippen LogP contribution in [0.3, 0.4) is 0 Å². The van der Waals surface area contributed by atoms with Crippen molar-refractivity contribution in [1.82, 2.24) is 14.8 Å². The van der Waals surface area contributed by atoms with Gasteiger partial charge in [-0.2, -0.15) is 5.10 Å². The minimum Gasteiger partial charge on any atom is -0.493 e. The molecule has 148 valence electrons. The van der Waals surface area contributed by atoms with Crippen molar-refractivity contribution >= 4 is 21.6 Å². The van der Waals surface area contributed by atoms with E-state index in [2.05, 4.69) is 12.1 Å². The Bertz CT molecular complexity index is 1130. The minimum atomic E-state index is -0.227. The SMILES string of the molecule is COc1ccc(-c2cc(C)nn2-c2nc3ccccc3s2)cc1OC1CCCO1. The lowest BCUT2D eigenvalue weighted by Crippen LogP contribution is -2.14. The Hall–Kier alpha value is -2.90. The Morgan fingerprint density at radius 3 is 2.83 bits per heavy atom. The number of ether oxygens (including phenoxy) is 3. The van der Waals surface area contributed by atoms with Gasteiger partial charge in [0.1, 0.15) is 0 Å². The predicted octanol–water partition coefficient (Wildman–Crippen LogP) is 4.98. The number of hydrogen-bond acceptors (Lipinski definition) is 6. The number of rotatable bonds is 5. The Morgan fingerprint density at radius 1 is 1.14 bits per heavy atom. The highest BCUT2D eigenvalue weighted by Crippen LogP contribution is 2.36. The number of benzene rings is 2. The van der Waals surface area contributed by atoms with Gasteiger partial charge in [-0.05, 0) is 49.7 Å². The molecule has 0 bridgehead atoms. The number of para-hydroxylation sites is 1. The number of fused-ring (bicyclic) bond motifs is 1. The summed E-state index contributed by atoms with van der Waals surface area (Å²) >= 11 is 1.62. The fourth-order valence-corrected chi connectivity index (χ4v) is 4.44. The molecule has 1 aliphatic heterocycles. The lowest BCUT2D eigenvalue weighted by Gasteiger charge is -2.16. The summed E-state index contributed by atoms with van der Waals surface area (Å²) < 4.78 is 20.2. The average Bonchev–Trinajstić information content (AvgIpc) is 3.47. The topological polar surface area (TPSA) is 58.4 Å². The summed E-state index contributed by atoms with van der Waals surface area (Å²) in [5, 5.41) is 5.54. The van der Waals surface area contributed by atoms with Gasteiger partial charge in [0.2, 0.25) is 5.13 Å². The summed E-state index contributed by atoms with van der Waals surface area (Å²) in [5.74, 6) is 1.36. The quantitative estimate of drug-likeness (QED) is 0.467. The van der Waals surface area contributed by atoms with Crippen LogP contribution >= 0.6 is 11.3 Å². The molecule has 3 heterocycles. The number of methoxy groups -OCH3 is 1. The zero-order chi connectivity index (χ0) is 19.8. The number of hydrogen-bond donors (Lipinski definition) is 0. The van der Waals surface area contributed by atoms with Crippen LogP contribution in [0.25, 0.3) is 26.6 Å². The van der Waals surface area contributed by atoms with Gasteiger partial charge in [-0.25, -0.2) is 9.67 Å². The van der Waals surface area contributed by atoms with Crippen molar-refractivity contribution < 1.29 is 14.2 Å². The van der Waals surface area contributed by atoms with Crippen LogP contribution in [-0.4, -0.2) is 34.8 Å². The second-order valence-electron chi connectivity index (χ2n) is 6.97. The first-order chi connectivity index (χ1) is 14.2. The molecule has 0 N–H and O–H groups in total. The average molecular weight is 407 g/mol. The van der Waals surface area contributed by atoms with Crippen molar-refractivity contribution in [2.75, 3.05) is 13.7 Å². The van der Waals surface area contributed by atoms with Crippen LogP contribution in [0.1, 0.15) is 18.5 Å². The third kappa shape index (κ3) is 3.47. The molecule has 5 rings (SSSR count). The first-order valence-electron chi connectivity index (χ1n) is 9.60. The van der Waals surface area contributed by atoms with Crippen LogP contribution in [-0.2, 0) is 4.74 Å². The maximum absolute atomic E-state index is 6.07. The van der Waals surface area contributed by atoms with Gasteiger partial charge in [0.15, 0.2) is 17.8 Å². The van der Waals surface area contributed by atoms with E-state index in [4.69, 9.17) is 24.3 Å². The zero-order valence-electron chi connectivity index (χ0n) is 16.3. The fraction of sp³-hybridized carbons (Fsp3) is 0.273. The van der Waals surface area contributed by atoms with Gasteiger partial charge in [-0.1, -0.05) is 23.5 Å². The highest BCUT2D eigenvalue weighted by molar-refractivity contribution is 7.20. The van der Waals surface area contributed by atoms with Crippen molar-refractivity contribution in [3.05, 3.63) is 54.2 Å². The summed E-state index contributed by atoms with van der Waals surface area (Å²) in [5.41, 5.74) is 3.85. The molecule has 2 aromatic heterocycles. The Kier molecular flexibility index (Phi) is 4.69. The molecule has 1 unspecified atom stereocenters. The smallest absolute Gasteiger partial charge is 0.212 e. The second-order valence-corrected chi connectivity index (χ2v) is 7.98. The van der Waals surface area contributed by atoms with E-state index in [1.54, 1.807) is 18.4 Å². The molecule has 2 aromatic carbocycles. The molecule has 7 heteroatoms. The van der Waals surface area contributed by atoms with Crippen molar-refractivity contribution in [2.45, 2.75) is 26.1 Å². The van der Waals surface area contributed by atoms with E-state index >= 15 is 0 Å². The van der Waals surface area contributed by atoms with E-state index in [9.17, 15) is 0 Å². The number of thiazole rings is 1. The largest absolute Gasteiger partial charge is 0.493 e. The van der Waals surface area contributed by atoms with Crippen molar-refractivity contribution in [3.63, 3.8) is 0 Å². The van der Waals surface area contributed by atoms with E-state index in [0.717, 1.165) is 51.7 Å². The first kappa shape index (κ1) is 18.1. The second kappa shape index (κ2) is 7.50. The normalized spacial score (nSPS) is 16.4. The summed E-state index contributed by atoms with van der Waals surface area (Å²) in [6.07, 6.45) is 1.67. The van der Waals surface area contributed by atoms with Crippen LogP contribution < -0.4 is 9.47 Å². The zero-order valence-corrected chi connectivity index (χ0v) is 17.1. The van der Waals surface area contributed by atoms with Crippen molar-refractivity contribution in [1.29, 1.82) is 0 Å². The molecular formula is C22H21N3O3S. The summed E-state index contributed by atoms with van der Waals surface area (Å²) in [6, 6.07) is 16.1. The third-order valence-corrected chi connectivity index (χ3v) is 5.91. The standard InChI is InChI=1S/C22H21N3O3S/c1-14-12-17(25(24-14)22-23-16-6-3-4-7-20(16)29-22)15-9-10-18(26-2)19(13-15)28-21-8-5-11-27-21/h3-4,6-7,9-10,12-13,21H,5,8,11H2,1-2H3. The molecule has 0 amide bonds. The maximum Gasteiger partial charge on any atom is 0.212 e. The molecule has 4 aromatic rings. The lowest BCUT2D eigenvalue weighted by atomic mass is 10.1. The van der Waals surface area contributed by atoms with Crippen LogP contribution in [0, 0.1) is 6.92 Å². The van der Waals surface area contributed by atoms with Gasteiger partial charge in [-0.15, -0.1) is 0 Å². The predicted molar refractivity (Wildman–Crippen MR) is 113 cm³/mol. The molecule has 1 aliphatic rings. The molecule has 0 aliphatic carbocycles. The van der Waals surface area contributed by atoms with Gasteiger partial charge < -0.3 is 14.2 Å². The molecule has 1 saturated heterocycles. The van der Waals surface area contributed by atoms with E-state index in [0.29, 0.717) is 11.5 Å². The molecular weight excluding hydrogens is 386 g/mol. The molecule has 0 radical (unpaired) electrons. The fourth-order valence-electron chi connectivity index (χ4n) is 3.51. The van der Waals surface area contributed by atoms with Crippen LogP contribution in [0.15, 0.2) is 48.5 Å². The van der Waals surface area contributed by atoms with Crippen molar-refractivity contribution in [3.8, 4) is 27.9 Å². The molecule has 0 saturated carbocycles. The summed E-state index contributed by atoms with van der Waals surface area (Å²) in [6.45, 7) is 2.72. The van der Waals surface area contributed by atoms with Gasteiger partial charge in [0.05, 0.1) is 35.3 Å². The van der Waals surface area contributed by atoms with Crippen LogP contribution in [0.2, 0.25) is 0 Å². The van der Waals surface area contributed by atoms with Crippen LogP contribution in [0.5, 0.6) is 11.5 Å². The number of aryl methyl sites for hydroxylation is 1. The highest BCUT2D eigenvalue weighted by Gasteiger charge is 2.21. The number of nitrogens with zero attached hydrogens (tertiary/aromatic N) is 3. The van der Waals surface area contributed by atoms with Crippen molar-refractivity contribution in [2.24, 2.45) is 0 Å². The van der Waals surface area contributed by atoms with Gasteiger partial charge in [-0.3, -0.25) is 0 Å². The molecule has 0 spiro atoms. The van der Waals surface area contributed by atoms with Gasteiger partial charge >= 0.3 is 0 Å². The molecule has 1 atom stereocenters. The monoisotopic (exact) mass is 407 g/mol. The highest BCUT2D eigenvalue weighted by atomic mass is 32.1. The maximum atomic E-state index is 6.07. The molecule has 29 heavy (non-hydrogen) atoms. The van der Waals surface area contributed by atoms with Gasteiger partial charge in [0, 0.05) is 12.0 Å². The molecule has 6 nitrogen and oxygen atoms in total. The molecule has 1 fully saturated rings. The summed E-state index contributed by atoms with van der Waals surface area (Å²) in [7, 11) is 1.65. The summed E-state index contributed by atoms with van der Waals surface area (Å²) in [4.78, 5) is 4.76. The van der Waals surface area contributed by atoms with Gasteiger partial charge in [0.25, 0.3) is 0 Å². The van der Waals surface area contributed by atoms with E-state index in [1.165, 1.54) is 0 Å². The first-order valence-corrected chi connectivity index (χ1v) is 10.4.